The number of rotatable bonds is 5. The van der Waals surface area contributed by atoms with Crippen LogP contribution in [0.25, 0.3) is 0 Å². The molecule has 0 aliphatic carbocycles. The predicted octanol–water partition coefficient (Wildman–Crippen LogP) is 4.48. The molecule has 2 atom stereocenters. The van der Waals surface area contributed by atoms with Crippen LogP contribution in [0.2, 0.25) is 5.02 Å². The van der Waals surface area contributed by atoms with Gasteiger partial charge in [0, 0.05) is 5.92 Å². The highest BCUT2D eigenvalue weighted by atomic mass is 35.5. The third-order valence-corrected chi connectivity index (χ3v) is 3.81. The Morgan fingerprint density at radius 1 is 1.22 bits per heavy atom. The molecule has 3 nitrogen and oxygen atoms in total. The van der Waals surface area contributed by atoms with Crippen LogP contribution in [0.4, 0.5) is 8.78 Å². The van der Waals surface area contributed by atoms with Gasteiger partial charge >= 0.3 is 5.97 Å². The molecule has 2 aromatic carbocycles. The van der Waals surface area contributed by atoms with E-state index in [0.717, 1.165) is 6.07 Å². The van der Waals surface area contributed by atoms with Gasteiger partial charge in [0.2, 0.25) is 0 Å². The summed E-state index contributed by atoms with van der Waals surface area (Å²) in [7, 11) is 0. The van der Waals surface area contributed by atoms with Gasteiger partial charge in [-0.2, -0.15) is 5.26 Å². The van der Waals surface area contributed by atoms with Gasteiger partial charge in [-0.25, -0.2) is 8.78 Å². The van der Waals surface area contributed by atoms with Crippen molar-refractivity contribution in [2.24, 2.45) is 0 Å². The molecular formula is C17H12ClF2NO2. The minimum absolute atomic E-state index is 0.158. The van der Waals surface area contributed by atoms with E-state index in [9.17, 15) is 18.8 Å². The number of carboxylic acids is 1. The Balaban J connectivity index is 2.49. The lowest BCUT2D eigenvalue weighted by Gasteiger charge is -2.21. The largest absolute Gasteiger partial charge is 0.481 e. The molecule has 0 fully saturated rings. The van der Waals surface area contributed by atoms with Crippen LogP contribution in [-0.2, 0) is 4.79 Å². The lowest BCUT2D eigenvalue weighted by molar-refractivity contribution is -0.137. The molecule has 6 heteroatoms. The molecule has 0 saturated heterocycles. The van der Waals surface area contributed by atoms with Crippen molar-refractivity contribution in [2.45, 2.75) is 18.3 Å². The van der Waals surface area contributed by atoms with Gasteiger partial charge in [0.15, 0.2) is 0 Å². The normalized spacial score (nSPS) is 13.1. The number of benzene rings is 2. The van der Waals surface area contributed by atoms with E-state index < -0.39 is 29.4 Å². The number of carbonyl (C=O) groups is 1. The minimum atomic E-state index is -1.12. The van der Waals surface area contributed by atoms with Gasteiger partial charge in [0.1, 0.15) is 11.6 Å². The molecule has 0 radical (unpaired) electrons. The quantitative estimate of drug-likeness (QED) is 0.876. The van der Waals surface area contributed by atoms with Crippen LogP contribution in [0.1, 0.15) is 29.4 Å². The first-order valence-corrected chi connectivity index (χ1v) is 7.12. The topological polar surface area (TPSA) is 61.1 Å². The van der Waals surface area contributed by atoms with Gasteiger partial charge in [-0.3, -0.25) is 4.79 Å². The summed E-state index contributed by atoms with van der Waals surface area (Å²) < 4.78 is 26.7. The van der Waals surface area contributed by atoms with Gasteiger partial charge < -0.3 is 5.11 Å². The maximum absolute atomic E-state index is 13.4. The second-order valence-corrected chi connectivity index (χ2v) is 5.45. The van der Waals surface area contributed by atoms with Crippen LogP contribution in [-0.4, -0.2) is 11.1 Å². The minimum Gasteiger partial charge on any atom is -0.481 e. The molecule has 0 aliphatic heterocycles. The maximum Gasteiger partial charge on any atom is 0.304 e. The van der Waals surface area contributed by atoms with E-state index in [1.807, 2.05) is 6.07 Å². The molecule has 1 N–H and O–H groups in total. The second kappa shape index (κ2) is 7.21. The van der Waals surface area contributed by atoms with Crippen LogP contribution in [0.5, 0.6) is 0 Å². The number of aliphatic carboxylic acids is 1. The van der Waals surface area contributed by atoms with Gasteiger partial charge in [-0.1, -0.05) is 29.8 Å². The third-order valence-electron chi connectivity index (χ3n) is 3.52. The summed E-state index contributed by atoms with van der Waals surface area (Å²) in [5, 5.41) is 18.4. The van der Waals surface area contributed by atoms with Crippen molar-refractivity contribution in [3.05, 3.63) is 70.2 Å². The summed E-state index contributed by atoms with van der Waals surface area (Å²) in [6, 6.07) is 11.2. The first kappa shape index (κ1) is 16.9. The summed E-state index contributed by atoms with van der Waals surface area (Å²) in [6.07, 6.45) is -0.364. The van der Waals surface area contributed by atoms with E-state index in [0.29, 0.717) is 11.1 Å². The lowest BCUT2D eigenvalue weighted by atomic mass is 9.80. The van der Waals surface area contributed by atoms with Crippen molar-refractivity contribution >= 4 is 17.6 Å². The van der Waals surface area contributed by atoms with Gasteiger partial charge in [0.25, 0.3) is 0 Å². The smallest absolute Gasteiger partial charge is 0.304 e. The predicted molar refractivity (Wildman–Crippen MR) is 81.2 cm³/mol. The zero-order chi connectivity index (χ0) is 17.0. The molecule has 0 spiro atoms. The summed E-state index contributed by atoms with van der Waals surface area (Å²) in [4.78, 5) is 11.2. The zero-order valence-electron chi connectivity index (χ0n) is 11.8. The van der Waals surface area contributed by atoms with Crippen molar-refractivity contribution in [3.63, 3.8) is 0 Å². The highest BCUT2D eigenvalue weighted by molar-refractivity contribution is 6.30. The Bertz CT molecular complexity index is 773. The lowest BCUT2D eigenvalue weighted by Crippen LogP contribution is -2.15. The highest BCUT2D eigenvalue weighted by Gasteiger charge is 2.28. The second-order valence-electron chi connectivity index (χ2n) is 5.04. The van der Waals surface area contributed by atoms with Crippen LogP contribution < -0.4 is 0 Å². The first-order chi connectivity index (χ1) is 10.9. The van der Waals surface area contributed by atoms with E-state index in [-0.39, 0.29) is 11.4 Å². The van der Waals surface area contributed by atoms with Gasteiger partial charge in [-0.05, 0) is 35.4 Å². The van der Waals surface area contributed by atoms with E-state index >= 15 is 0 Å². The summed E-state index contributed by atoms with van der Waals surface area (Å²) in [6.45, 7) is 0. The standard InChI is InChI=1S/C17H12ClF2NO2/c18-15-7-11(4-5-16(15)20)13(8-17(22)23)14(9-21)10-2-1-3-12(19)6-10/h1-7,13-14H,8H2,(H,22,23). The number of hydrogen-bond donors (Lipinski definition) is 1. The fourth-order valence-electron chi connectivity index (χ4n) is 2.46. The first-order valence-electron chi connectivity index (χ1n) is 6.74. The van der Waals surface area contributed by atoms with E-state index in [1.165, 1.54) is 30.3 Å². The molecule has 0 heterocycles. The van der Waals surface area contributed by atoms with Crippen LogP contribution in [0, 0.1) is 23.0 Å². The Hall–Kier alpha value is -2.45. The van der Waals surface area contributed by atoms with E-state index in [2.05, 4.69) is 0 Å². The summed E-state index contributed by atoms with van der Waals surface area (Å²) >= 11 is 5.75. The molecule has 0 aromatic heterocycles. The molecule has 2 rings (SSSR count). The van der Waals surface area contributed by atoms with Crippen molar-refractivity contribution in [2.75, 3.05) is 0 Å². The SMILES string of the molecule is N#CC(c1cccc(F)c1)C(CC(=O)O)c1ccc(F)c(Cl)c1. The van der Waals surface area contributed by atoms with Crippen LogP contribution >= 0.6 is 11.6 Å². The van der Waals surface area contributed by atoms with Crippen molar-refractivity contribution in [1.82, 2.24) is 0 Å². The van der Waals surface area contributed by atoms with E-state index in [1.54, 1.807) is 6.07 Å². The molecule has 0 bridgehead atoms. The zero-order valence-corrected chi connectivity index (χ0v) is 12.6. The average molecular weight is 336 g/mol. The van der Waals surface area contributed by atoms with Gasteiger partial charge in [-0.15, -0.1) is 0 Å². The third kappa shape index (κ3) is 4.05. The Kier molecular flexibility index (Phi) is 5.30. The number of hydrogen-bond acceptors (Lipinski definition) is 2. The van der Waals surface area contributed by atoms with E-state index in [4.69, 9.17) is 16.7 Å². The fourth-order valence-corrected chi connectivity index (χ4v) is 2.65. The number of carboxylic acid groups (broad SMARTS) is 1. The Morgan fingerprint density at radius 3 is 2.52 bits per heavy atom. The molecular weight excluding hydrogens is 324 g/mol. The Labute approximate surface area is 136 Å². The molecule has 0 amide bonds. The Morgan fingerprint density at radius 2 is 1.96 bits per heavy atom. The highest BCUT2D eigenvalue weighted by Crippen LogP contribution is 2.37. The molecule has 0 saturated carbocycles. The van der Waals surface area contributed by atoms with Crippen LogP contribution in [0.3, 0.4) is 0 Å². The number of halogens is 3. The average Bonchev–Trinajstić information content (AvgIpc) is 2.49. The maximum atomic E-state index is 13.4. The number of nitriles is 1. The molecule has 2 aromatic rings. The summed E-state index contributed by atoms with van der Waals surface area (Å²) in [5.74, 6) is -3.95. The molecule has 2 unspecified atom stereocenters. The molecule has 23 heavy (non-hydrogen) atoms. The van der Waals surface area contributed by atoms with Crippen molar-refractivity contribution in [3.8, 4) is 6.07 Å². The fraction of sp³-hybridized carbons (Fsp3) is 0.176. The van der Waals surface area contributed by atoms with Crippen LogP contribution in [0.15, 0.2) is 42.5 Å². The monoisotopic (exact) mass is 335 g/mol. The number of nitrogens with zero attached hydrogens (tertiary/aromatic N) is 1. The van der Waals surface area contributed by atoms with Crippen molar-refractivity contribution in [1.29, 1.82) is 5.26 Å². The van der Waals surface area contributed by atoms with Gasteiger partial charge in [0.05, 0.1) is 23.4 Å². The molecule has 118 valence electrons. The van der Waals surface area contributed by atoms with Crippen molar-refractivity contribution < 1.29 is 18.7 Å². The molecule has 0 aliphatic rings. The summed E-state index contributed by atoms with van der Waals surface area (Å²) in [5.41, 5.74) is 0.772.